The molecule has 0 aromatic heterocycles. The predicted octanol–water partition coefficient (Wildman–Crippen LogP) is -3.60. The number of carbonyl (C=O) groups excluding carboxylic acids is 4. The minimum atomic E-state index is -1.26. The van der Waals surface area contributed by atoms with Crippen LogP contribution < -0.4 is 27.4 Å². The number of carboxylic acids is 1. The molecule has 0 aliphatic carbocycles. The zero-order chi connectivity index (χ0) is 18.0. The SMILES string of the molecule is C[C@H](NC(=O)CN)C(=O)N[C@@H](CCC(N)=O)C(=O)NCC(=O)O. The van der Waals surface area contributed by atoms with E-state index in [9.17, 15) is 24.0 Å². The summed E-state index contributed by atoms with van der Waals surface area (Å²) in [7, 11) is 0. The van der Waals surface area contributed by atoms with Crippen LogP contribution in [-0.2, 0) is 24.0 Å². The number of nitrogens with one attached hydrogen (secondary N) is 3. The Bertz CT molecular complexity index is 481. The zero-order valence-electron chi connectivity index (χ0n) is 12.6. The zero-order valence-corrected chi connectivity index (χ0v) is 12.6. The maximum Gasteiger partial charge on any atom is 0.322 e. The molecule has 23 heavy (non-hydrogen) atoms. The van der Waals surface area contributed by atoms with Gasteiger partial charge in [-0.05, 0) is 13.3 Å². The standard InChI is InChI=1S/C12H21N5O6/c1-6(16-9(19)4-13)11(22)17-7(2-3-8(14)18)12(23)15-5-10(20)21/h6-7H,2-5,13H2,1H3,(H2,14,18)(H,15,23)(H,16,19)(H,17,22)(H,20,21)/t6-,7-/m0/s1. The van der Waals surface area contributed by atoms with Crippen molar-refractivity contribution in [1.82, 2.24) is 16.0 Å². The van der Waals surface area contributed by atoms with Gasteiger partial charge >= 0.3 is 5.97 Å². The lowest BCUT2D eigenvalue weighted by atomic mass is 10.1. The van der Waals surface area contributed by atoms with Gasteiger partial charge in [-0.15, -0.1) is 0 Å². The maximum atomic E-state index is 11.9. The van der Waals surface area contributed by atoms with Crippen LogP contribution >= 0.6 is 0 Å². The van der Waals surface area contributed by atoms with E-state index in [-0.39, 0.29) is 19.4 Å². The molecule has 11 nitrogen and oxygen atoms in total. The van der Waals surface area contributed by atoms with Gasteiger partial charge in [0, 0.05) is 6.42 Å². The predicted molar refractivity (Wildman–Crippen MR) is 77.7 cm³/mol. The van der Waals surface area contributed by atoms with E-state index in [0.29, 0.717) is 0 Å². The first kappa shape index (κ1) is 20.3. The van der Waals surface area contributed by atoms with Crippen LogP contribution in [-0.4, -0.2) is 59.9 Å². The molecule has 0 fully saturated rings. The van der Waals surface area contributed by atoms with Gasteiger partial charge in [-0.2, -0.15) is 0 Å². The van der Waals surface area contributed by atoms with E-state index in [0.717, 1.165) is 0 Å². The number of rotatable bonds is 10. The highest BCUT2D eigenvalue weighted by Gasteiger charge is 2.24. The molecule has 130 valence electrons. The van der Waals surface area contributed by atoms with Crippen molar-refractivity contribution in [2.24, 2.45) is 11.5 Å². The smallest absolute Gasteiger partial charge is 0.322 e. The van der Waals surface area contributed by atoms with Crippen molar-refractivity contribution in [1.29, 1.82) is 0 Å². The molecule has 0 radical (unpaired) electrons. The third-order valence-electron chi connectivity index (χ3n) is 2.68. The first-order valence-corrected chi connectivity index (χ1v) is 6.75. The average Bonchev–Trinajstić information content (AvgIpc) is 2.47. The molecule has 2 atom stereocenters. The van der Waals surface area contributed by atoms with E-state index in [4.69, 9.17) is 16.6 Å². The second-order valence-corrected chi connectivity index (χ2v) is 4.67. The quantitative estimate of drug-likeness (QED) is 0.238. The number of hydrogen-bond acceptors (Lipinski definition) is 6. The highest BCUT2D eigenvalue weighted by atomic mass is 16.4. The number of carboxylic acid groups (broad SMARTS) is 1. The van der Waals surface area contributed by atoms with Crippen LogP contribution in [0.25, 0.3) is 0 Å². The number of primary amides is 1. The summed E-state index contributed by atoms with van der Waals surface area (Å²) >= 11 is 0. The molecule has 0 heterocycles. The third kappa shape index (κ3) is 9.03. The van der Waals surface area contributed by atoms with Gasteiger partial charge in [0.2, 0.25) is 23.6 Å². The fraction of sp³-hybridized carbons (Fsp3) is 0.583. The molecule has 0 aliphatic rings. The highest BCUT2D eigenvalue weighted by molar-refractivity contribution is 5.93. The molecule has 0 aromatic carbocycles. The van der Waals surface area contributed by atoms with Gasteiger partial charge in [0.05, 0.1) is 6.54 Å². The number of amides is 4. The molecule has 0 unspecified atom stereocenters. The minimum absolute atomic E-state index is 0.107. The van der Waals surface area contributed by atoms with Crippen molar-refractivity contribution in [3.63, 3.8) is 0 Å². The van der Waals surface area contributed by atoms with Crippen molar-refractivity contribution in [2.45, 2.75) is 31.8 Å². The summed E-state index contributed by atoms with van der Waals surface area (Å²) < 4.78 is 0. The highest BCUT2D eigenvalue weighted by Crippen LogP contribution is 1.99. The second-order valence-electron chi connectivity index (χ2n) is 4.67. The third-order valence-corrected chi connectivity index (χ3v) is 2.68. The van der Waals surface area contributed by atoms with E-state index < -0.39 is 48.2 Å². The fourth-order valence-corrected chi connectivity index (χ4v) is 1.50. The number of carbonyl (C=O) groups is 5. The Morgan fingerprint density at radius 2 is 1.70 bits per heavy atom. The van der Waals surface area contributed by atoms with Crippen LogP contribution in [0.2, 0.25) is 0 Å². The Balaban J connectivity index is 4.74. The Kier molecular flexibility index (Phi) is 8.92. The van der Waals surface area contributed by atoms with Gasteiger partial charge < -0.3 is 32.5 Å². The number of aliphatic carboxylic acids is 1. The lowest BCUT2D eigenvalue weighted by Crippen LogP contribution is -2.54. The Hall–Kier alpha value is -2.69. The van der Waals surface area contributed by atoms with E-state index >= 15 is 0 Å². The topological polar surface area (TPSA) is 194 Å². The van der Waals surface area contributed by atoms with Crippen molar-refractivity contribution in [3.05, 3.63) is 0 Å². The summed E-state index contributed by atoms with van der Waals surface area (Å²) in [5.74, 6) is -3.97. The monoisotopic (exact) mass is 331 g/mol. The van der Waals surface area contributed by atoms with Gasteiger partial charge in [-0.25, -0.2) is 0 Å². The van der Waals surface area contributed by atoms with Crippen LogP contribution in [0.15, 0.2) is 0 Å². The van der Waals surface area contributed by atoms with E-state index in [1.807, 2.05) is 0 Å². The summed E-state index contributed by atoms with van der Waals surface area (Å²) in [6, 6.07) is -2.12. The Morgan fingerprint density at radius 3 is 2.17 bits per heavy atom. The van der Waals surface area contributed by atoms with Gasteiger partial charge in [-0.1, -0.05) is 0 Å². The van der Waals surface area contributed by atoms with E-state index in [1.165, 1.54) is 6.92 Å². The van der Waals surface area contributed by atoms with Crippen LogP contribution in [0.4, 0.5) is 0 Å². The lowest BCUT2D eigenvalue weighted by Gasteiger charge is -2.20. The first-order chi connectivity index (χ1) is 10.7. The summed E-state index contributed by atoms with van der Waals surface area (Å²) in [5, 5.41) is 15.2. The Morgan fingerprint density at radius 1 is 1.09 bits per heavy atom. The first-order valence-electron chi connectivity index (χ1n) is 6.75. The van der Waals surface area contributed by atoms with Gasteiger partial charge in [0.15, 0.2) is 0 Å². The van der Waals surface area contributed by atoms with Crippen molar-refractivity contribution in [2.75, 3.05) is 13.1 Å². The molecule has 0 bridgehead atoms. The van der Waals surface area contributed by atoms with Crippen LogP contribution in [0.5, 0.6) is 0 Å². The lowest BCUT2D eigenvalue weighted by molar-refractivity contribution is -0.138. The van der Waals surface area contributed by atoms with Gasteiger partial charge in [0.25, 0.3) is 0 Å². The molecule has 0 saturated heterocycles. The summed E-state index contributed by atoms with van der Waals surface area (Å²) in [6.45, 7) is 0.437. The van der Waals surface area contributed by atoms with Crippen molar-refractivity contribution in [3.8, 4) is 0 Å². The molecule has 0 aromatic rings. The van der Waals surface area contributed by atoms with Crippen LogP contribution in [0.1, 0.15) is 19.8 Å². The van der Waals surface area contributed by atoms with Crippen LogP contribution in [0, 0.1) is 0 Å². The van der Waals surface area contributed by atoms with Gasteiger partial charge in [-0.3, -0.25) is 24.0 Å². The average molecular weight is 331 g/mol. The van der Waals surface area contributed by atoms with Crippen molar-refractivity contribution < 1.29 is 29.1 Å². The molecule has 4 amide bonds. The fourth-order valence-electron chi connectivity index (χ4n) is 1.50. The molecule has 0 aliphatic heterocycles. The molecule has 0 saturated carbocycles. The second kappa shape index (κ2) is 10.1. The van der Waals surface area contributed by atoms with E-state index in [2.05, 4.69) is 16.0 Å². The van der Waals surface area contributed by atoms with Gasteiger partial charge in [0.1, 0.15) is 18.6 Å². The summed E-state index contributed by atoms with van der Waals surface area (Å²) in [5.41, 5.74) is 10.1. The molecule has 0 spiro atoms. The van der Waals surface area contributed by atoms with Crippen LogP contribution in [0.3, 0.4) is 0 Å². The number of nitrogens with two attached hydrogens (primary N) is 2. The maximum absolute atomic E-state index is 11.9. The molecule has 11 heteroatoms. The molecular weight excluding hydrogens is 310 g/mol. The minimum Gasteiger partial charge on any atom is -0.480 e. The summed E-state index contributed by atoms with van der Waals surface area (Å²) in [4.78, 5) is 56.1. The van der Waals surface area contributed by atoms with Crippen molar-refractivity contribution >= 4 is 29.6 Å². The Labute approximate surface area is 132 Å². The van der Waals surface area contributed by atoms with E-state index in [1.54, 1.807) is 0 Å². The molecule has 8 N–H and O–H groups in total. The normalized spacial score (nSPS) is 12.6. The number of hydrogen-bond donors (Lipinski definition) is 6. The largest absolute Gasteiger partial charge is 0.480 e. The molecular formula is C12H21N5O6. The summed E-state index contributed by atoms with van der Waals surface area (Å²) in [6.07, 6.45) is -0.293. The molecule has 0 rings (SSSR count).